The molecule has 0 spiro atoms. The maximum Gasteiger partial charge on any atom is 0.322 e. The van der Waals surface area contributed by atoms with Crippen LogP contribution >= 0.6 is 11.8 Å². The van der Waals surface area contributed by atoms with Gasteiger partial charge in [0.25, 0.3) is 0 Å². The second-order valence-electron chi connectivity index (χ2n) is 7.91. The van der Waals surface area contributed by atoms with Crippen molar-refractivity contribution in [3.63, 3.8) is 0 Å². The predicted molar refractivity (Wildman–Crippen MR) is 134 cm³/mol. The molecule has 0 aliphatic heterocycles. The van der Waals surface area contributed by atoms with Gasteiger partial charge in [-0.15, -0.1) is 0 Å². The fraction of sp³-hybridized carbons (Fsp3) is 0.259. The zero-order chi connectivity index (χ0) is 23.6. The molecule has 2 amide bonds. The van der Waals surface area contributed by atoms with Gasteiger partial charge in [-0.2, -0.15) is 0 Å². The Kier molecular flexibility index (Phi) is 8.95. The van der Waals surface area contributed by atoms with Gasteiger partial charge >= 0.3 is 12.0 Å². The van der Waals surface area contributed by atoms with Crippen LogP contribution in [-0.2, 0) is 11.2 Å². The van der Waals surface area contributed by atoms with E-state index in [4.69, 9.17) is 5.11 Å². The van der Waals surface area contributed by atoms with Crippen molar-refractivity contribution in [2.24, 2.45) is 0 Å². The highest BCUT2D eigenvalue weighted by Crippen LogP contribution is 2.30. The number of benzene rings is 3. The SMILES string of the molecule is CCCCN(C(=O)Nc1cccc(Sc2ccc(CC(=O)O)cc2)c1)C(C)c1ccccc1. The van der Waals surface area contributed by atoms with E-state index in [-0.39, 0.29) is 18.5 Å². The molecule has 0 fully saturated rings. The van der Waals surface area contributed by atoms with Gasteiger partial charge < -0.3 is 15.3 Å². The number of rotatable bonds is 10. The third kappa shape index (κ3) is 7.39. The van der Waals surface area contributed by atoms with Crippen LogP contribution in [0.2, 0.25) is 0 Å². The third-order valence-electron chi connectivity index (χ3n) is 5.36. The number of hydrogen-bond donors (Lipinski definition) is 2. The van der Waals surface area contributed by atoms with Gasteiger partial charge in [-0.1, -0.05) is 73.6 Å². The smallest absolute Gasteiger partial charge is 0.322 e. The average Bonchev–Trinajstić information content (AvgIpc) is 2.81. The molecule has 0 saturated heterocycles. The van der Waals surface area contributed by atoms with E-state index in [2.05, 4.69) is 31.3 Å². The summed E-state index contributed by atoms with van der Waals surface area (Å²) in [4.78, 5) is 27.9. The van der Waals surface area contributed by atoms with Gasteiger partial charge in [-0.3, -0.25) is 4.79 Å². The molecule has 0 radical (unpaired) electrons. The molecule has 0 bridgehead atoms. The van der Waals surface area contributed by atoms with E-state index in [1.807, 2.05) is 71.6 Å². The number of unbranched alkanes of at least 4 members (excludes halogenated alkanes) is 1. The number of amides is 2. The van der Waals surface area contributed by atoms with Gasteiger partial charge in [-0.05, 0) is 54.8 Å². The fourth-order valence-corrected chi connectivity index (χ4v) is 4.41. The van der Waals surface area contributed by atoms with E-state index in [0.717, 1.165) is 39.4 Å². The summed E-state index contributed by atoms with van der Waals surface area (Å²) in [6, 6.07) is 25.2. The zero-order valence-electron chi connectivity index (χ0n) is 19.0. The molecule has 0 saturated carbocycles. The van der Waals surface area contributed by atoms with Crippen molar-refractivity contribution in [3.05, 3.63) is 90.0 Å². The molecule has 0 aliphatic carbocycles. The molecule has 172 valence electrons. The van der Waals surface area contributed by atoms with Crippen molar-refractivity contribution in [1.29, 1.82) is 0 Å². The van der Waals surface area contributed by atoms with Crippen molar-refractivity contribution in [2.75, 3.05) is 11.9 Å². The van der Waals surface area contributed by atoms with Crippen LogP contribution in [-0.4, -0.2) is 28.6 Å². The second kappa shape index (κ2) is 12.1. The Labute approximate surface area is 199 Å². The lowest BCUT2D eigenvalue weighted by molar-refractivity contribution is -0.136. The molecular formula is C27H30N2O3S. The predicted octanol–water partition coefficient (Wildman–Crippen LogP) is 6.86. The van der Waals surface area contributed by atoms with E-state index in [9.17, 15) is 9.59 Å². The van der Waals surface area contributed by atoms with Crippen LogP contribution in [0.1, 0.15) is 43.9 Å². The maximum absolute atomic E-state index is 13.2. The van der Waals surface area contributed by atoms with Crippen LogP contribution in [0, 0.1) is 0 Å². The number of carboxylic acids is 1. The minimum atomic E-state index is -0.839. The van der Waals surface area contributed by atoms with E-state index in [1.165, 1.54) is 0 Å². The first-order valence-corrected chi connectivity index (χ1v) is 12.0. The number of carbonyl (C=O) groups excluding carboxylic acids is 1. The summed E-state index contributed by atoms with van der Waals surface area (Å²) in [7, 11) is 0. The van der Waals surface area contributed by atoms with E-state index in [0.29, 0.717) is 6.54 Å². The number of carbonyl (C=O) groups is 2. The highest BCUT2D eigenvalue weighted by molar-refractivity contribution is 7.99. The number of carboxylic acid groups (broad SMARTS) is 1. The first-order valence-electron chi connectivity index (χ1n) is 11.2. The summed E-state index contributed by atoms with van der Waals surface area (Å²) in [6.45, 7) is 4.87. The lowest BCUT2D eigenvalue weighted by Crippen LogP contribution is -2.37. The van der Waals surface area contributed by atoms with Crippen molar-refractivity contribution in [3.8, 4) is 0 Å². The average molecular weight is 463 g/mol. The normalized spacial score (nSPS) is 11.6. The van der Waals surface area contributed by atoms with Crippen LogP contribution < -0.4 is 5.32 Å². The van der Waals surface area contributed by atoms with Gasteiger partial charge in [-0.25, -0.2) is 4.79 Å². The van der Waals surface area contributed by atoms with Crippen LogP contribution in [0.5, 0.6) is 0 Å². The first kappa shape index (κ1) is 24.4. The fourth-order valence-electron chi connectivity index (χ4n) is 3.53. The number of nitrogens with zero attached hydrogens (tertiary/aromatic N) is 1. The number of nitrogens with one attached hydrogen (secondary N) is 1. The molecule has 5 nitrogen and oxygen atoms in total. The van der Waals surface area contributed by atoms with E-state index >= 15 is 0 Å². The van der Waals surface area contributed by atoms with Crippen molar-refractivity contribution in [2.45, 2.75) is 48.9 Å². The summed E-state index contributed by atoms with van der Waals surface area (Å²) in [5, 5.41) is 12.0. The van der Waals surface area contributed by atoms with Gasteiger partial charge in [0, 0.05) is 22.0 Å². The number of hydrogen-bond acceptors (Lipinski definition) is 3. The number of anilines is 1. The Morgan fingerprint density at radius 2 is 1.70 bits per heavy atom. The molecule has 0 aliphatic rings. The molecule has 0 aromatic heterocycles. The quantitative estimate of drug-likeness (QED) is 0.345. The molecular weight excluding hydrogens is 432 g/mol. The Balaban J connectivity index is 1.69. The number of aliphatic carboxylic acids is 1. The largest absolute Gasteiger partial charge is 0.481 e. The molecule has 2 N–H and O–H groups in total. The van der Waals surface area contributed by atoms with Crippen LogP contribution in [0.15, 0.2) is 88.7 Å². The standard InChI is InChI=1S/C27H30N2O3S/c1-3-4-17-29(20(2)22-9-6-5-7-10-22)27(32)28-23-11-8-12-25(19-23)33-24-15-13-21(14-16-24)18-26(30)31/h5-16,19-20H,3-4,17-18H2,1-2H3,(H,28,32)(H,30,31). The summed E-state index contributed by atoms with van der Waals surface area (Å²) in [6.07, 6.45) is 1.98. The van der Waals surface area contributed by atoms with Crippen LogP contribution in [0.3, 0.4) is 0 Å². The Morgan fingerprint density at radius 1 is 0.970 bits per heavy atom. The molecule has 3 aromatic rings. The number of urea groups is 1. The van der Waals surface area contributed by atoms with Crippen molar-refractivity contribution >= 4 is 29.4 Å². The lowest BCUT2D eigenvalue weighted by Gasteiger charge is -2.30. The molecule has 0 heterocycles. The summed E-state index contributed by atoms with van der Waals surface area (Å²) < 4.78 is 0. The maximum atomic E-state index is 13.2. The highest BCUT2D eigenvalue weighted by atomic mass is 32.2. The Morgan fingerprint density at radius 3 is 2.36 bits per heavy atom. The van der Waals surface area contributed by atoms with Gasteiger partial charge in [0.2, 0.25) is 0 Å². The Hall–Kier alpha value is -3.25. The summed E-state index contributed by atoms with van der Waals surface area (Å²) in [5.41, 5.74) is 2.63. The van der Waals surface area contributed by atoms with E-state index in [1.54, 1.807) is 11.8 Å². The van der Waals surface area contributed by atoms with Gasteiger partial charge in [0.15, 0.2) is 0 Å². The highest BCUT2D eigenvalue weighted by Gasteiger charge is 2.21. The molecule has 6 heteroatoms. The topological polar surface area (TPSA) is 69.6 Å². The van der Waals surface area contributed by atoms with E-state index < -0.39 is 5.97 Å². The Bertz CT molecular complexity index is 1050. The summed E-state index contributed by atoms with van der Waals surface area (Å²) in [5.74, 6) is -0.839. The molecule has 1 unspecified atom stereocenters. The van der Waals surface area contributed by atoms with Crippen molar-refractivity contribution in [1.82, 2.24) is 4.90 Å². The lowest BCUT2D eigenvalue weighted by atomic mass is 10.1. The summed E-state index contributed by atoms with van der Waals surface area (Å²) >= 11 is 1.57. The third-order valence-corrected chi connectivity index (χ3v) is 6.36. The molecule has 1 atom stereocenters. The minimum Gasteiger partial charge on any atom is -0.481 e. The molecule has 33 heavy (non-hydrogen) atoms. The first-order chi connectivity index (χ1) is 16.0. The van der Waals surface area contributed by atoms with Crippen molar-refractivity contribution < 1.29 is 14.7 Å². The van der Waals surface area contributed by atoms with Gasteiger partial charge in [0.05, 0.1) is 12.5 Å². The van der Waals surface area contributed by atoms with Crippen LogP contribution in [0.25, 0.3) is 0 Å². The minimum absolute atomic E-state index is 0.0163. The van der Waals surface area contributed by atoms with Crippen LogP contribution in [0.4, 0.5) is 10.5 Å². The monoisotopic (exact) mass is 462 g/mol. The van der Waals surface area contributed by atoms with Gasteiger partial charge in [0.1, 0.15) is 0 Å². The molecule has 3 rings (SSSR count). The second-order valence-corrected chi connectivity index (χ2v) is 9.06. The zero-order valence-corrected chi connectivity index (χ0v) is 19.8. The molecule has 3 aromatic carbocycles.